The predicted molar refractivity (Wildman–Crippen MR) is 212 cm³/mol. The average molecular weight is 639 g/mol. The largest absolute Gasteiger partial charge is 0.309 e. The van der Waals surface area contributed by atoms with Gasteiger partial charge in [-0.3, -0.25) is 0 Å². The molecule has 1 aliphatic heterocycles. The molecule has 0 amide bonds. The van der Waals surface area contributed by atoms with Crippen LogP contribution in [0.5, 0.6) is 0 Å². The molecule has 50 heavy (non-hydrogen) atoms. The Morgan fingerprint density at radius 2 is 1.10 bits per heavy atom. The van der Waals surface area contributed by atoms with E-state index in [9.17, 15) is 0 Å². The summed E-state index contributed by atoms with van der Waals surface area (Å²) in [5, 5.41) is 2.52. The first-order chi connectivity index (χ1) is 24.8. The molecular weight excluding hydrogens is 605 g/mol. The molecule has 0 unspecified atom stereocenters. The highest BCUT2D eigenvalue weighted by atomic mass is 15.2. The van der Waals surface area contributed by atoms with Gasteiger partial charge in [-0.05, 0) is 88.7 Å². The van der Waals surface area contributed by atoms with Crippen molar-refractivity contribution < 1.29 is 0 Å². The van der Waals surface area contributed by atoms with Gasteiger partial charge in [0.2, 0.25) is 0 Å². The van der Waals surface area contributed by atoms with E-state index >= 15 is 0 Å². The average Bonchev–Trinajstić information content (AvgIpc) is 3.47. The molecule has 0 spiro atoms. The Morgan fingerprint density at radius 3 is 1.88 bits per heavy atom. The number of allylic oxidation sites excluding steroid dienone is 4. The Bertz CT molecular complexity index is 2640. The van der Waals surface area contributed by atoms with Crippen molar-refractivity contribution >= 4 is 50.0 Å². The number of para-hydroxylation sites is 2. The van der Waals surface area contributed by atoms with Crippen LogP contribution in [-0.2, 0) is 0 Å². The quantitative estimate of drug-likeness (QED) is 0.186. The first-order valence-corrected chi connectivity index (χ1v) is 17.5. The molecule has 1 aliphatic carbocycles. The van der Waals surface area contributed by atoms with E-state index in [2.05, 4.69) is 191 Å². The van der Waals surface area contributed by atoms with Crippen LogP contribution < -0.4 is 4.90 Å². The topological polar surface area (TPSA) is 8.17 Å². The van der Waals surface area contributed by atoms with Crippen LogP contribution in [-0.4, -0.2) is 4.57 Å². The van der Waals surface area contributed by atoms with Crippen molar-refractivity contribution in [2.45, 2.75) is 12.8 Å². The monoisotopic (exact) mass is 638 g/mol. The predicted octanol–water partition coefficient (Wildman–Crippen LogP) is 13.2. The van der Waals surface area contributed by atoms with E-state index in [1.807, 2.05) is 0 Å². The Labute approximate surface area is 292 Å². The number of hydrogen-bond donors (Lipinski definition) is 0. The maximum Gasteiger partial charge on any atom is 0.0640 e. The molecular formula is C48H34N2. The van der Waals surface area contributed by atoms with E-state index in [-0.39, 0.29) is 0 Å². The van der Waals surface area contributed by atoms with Crippen molar-refractivity contribution in [2.75, 3.05) is 4.90 Å². The number of rotatable bonds is 4. The molecule has 0 saturated carbocycles. The van der Waals surface area contributed by atoms with Gasteiger partial charge >= 0.3 is 0 Å². The van der Waals surface area contributed by atoms with E-state index in [4.69, 9.17) is 0 Å². The maximum absolute atomic E-state index is 2.51. The van der Waals surface area contributed by atoms with Gasteiger partial charge in [0.1, 0.15) is 0 Å². The molecule has 2 aliphatic rings. The van der Waals surface area contributed by atoms with Gasteiger partial charge in [0.15, 0.2) is 0 Å². The van der Waals surface area contributed by atoms with Crippen LogP contribution in [0.25, 0.3) is 60.9 Å². The molecule has 0 bridgehead atoms. The van der Waals surface area contributed by atoms with E-state index in [0.29, 0.717) is 0 Å². The minimum absolute atomic E-state index is 1.00. The molecule has 1 aromatic heterocycles. The summed E-state index contributed by atoms with van der Waals surface area (Å²) in [7, 11) is 0. The number of benzene rings is 7. The van der Waals surface area contributed by atoms with E-state index in [0.717, 1.165) is 24.2 Å². The first kappa shape index (κ1) is 28.6. The van der Waals surface area contributed by atoms with Crippen LogP contribution in [0.1, 0.15) is 24.0 Å². The lowest BCUT2D eigenvalue weighted by atomic mass is 9.87. The van der Waals surface area contributed by atoms with Crippen molar-refractivity contribution in [3.8, 4) is 27.9 Å². The third-order valence-corrected chi connectivity index (χ3v) is 10.4. The minimum Gasteiger partial charge on any atom is -0.309 e. The van der Waals surface area contributed by atoms with Crippen molar-refractivity contribution in [1.82, 2.24) is 4.57 Å². The van der Waals surface area contributed by atoms with E-state index in [1.165, 1.54) is 77.7 Å². The van der Waals surface area contributed by atoms with Crippen molar-refractivity contribution in [2.24, 2.45) is 0 Å². The summed E-state index contributed by atoms with van der Waals surface area (Å²) >= 11 is 0. The molecule has 2 heteroatoms. The zero-order valence-electron chi connectivity index (χ0n) is 27.6. The van der Waals surface area contributed by atoms with Gasteiger partial charge in [0.05, 0.1) is 22.4 Å². The Balaban J connectivity index is 1.32. The molecule has 0 saturated heterocycles. The zero-order valence-corrected chi connectivity index (χ0v) is 27.6. The third kappa shape index (κ3) is 4.49. The van der Waals surface area contributed by atoms with Crippen LogP contribution in [0.2, 0.25) is 0 Å². The molecule has 2 nitrogen and oxygen atoms in total. The fourth-order valence-electron chi connectivity index (χ4n) is 8.19. The molecule has 0 atom stereocenters. The SMILES string of the molecule is C1=CC2=C(CC1)c1ccccc1N(c1cccc(-c3ccccc3)c1)c1ccc3c4ccccc4n(-c4cccc(-c5ccccc5)c4)c3c12. The van der Waals surface area contributed by atoms with Crippen molar-refractivity contribution in [1.29, 1.82) is 0 Å². The summed E-state index contributed by atoms with van der Waals surface area (Å²) in [5.41, 5.74) is 17.3. The third-order valence-electron chi connectivity index (χ3n) is 10.4. The molecule has 0 radical (unpaired) electrons. The lowest BCUT2D eigenvalue weighted by Crippen LogP contribution is -2.12. The Kier molecular flexibility index (Phi) is 6.67. The molecule has 0 fully saturated rings. The molecule has 236 valence electrons. The first-order valence-electron chi connectivity index (χ1n) is 17.5. The highest BCUT2D eigenvalue weighted by molar-refractivity contribution is 6.19. The maximum atomic E-state index is 2.51. The van der Waals surface area contributed by atoms with Crippen LogP contribution in [0.15, 0.2) is 182 Å². The van der Waals surface area contributed by atoms with Crippen LogP contribution >= 0.6 is 0 Å². The summed E-state index contributed by atoms with van der Waals surface area (Å²) < 4.78 is 2.51. The second kappa shape index (κ2) is 11.6. The van der Waals surface area contributed by atoms with E-state index < -0.39 is 0 Å². The number of aromatic nitrogens is 1. The minimum atomic E-state index is 1.00. The van der Waals surface area contributed by atoms with Crippen molar-refractivity contribution in [3.63, 3.8) is 0 Å². The number of anilines is 3. The van der Waals surface area contributed by atoms with Gasteiger partial charge < -0.3 is 9.47 Å². The van der Waals surface area contributed by atoms with Gasteiger partial charge in [-0.1, -0.05) is 140 Å². The molecule has 2 heterocycles. The second-order valence-electron chi connectivity index (χ2n) is 13.2. The lowest BCUT2D eigenvalue weighted by molar-refractivity contribution is 1.06. The molecule has 7 aromatic carbocycles. The fraction of sp³-hybridized carbons (Fsp3) is 0.0417. The Morgan fingerprint density at radius 1 is 0.460 bits per heavy atom. The zero-order chi connectivity index (χ0) is 33.0. The summed E-state index contributed by atoms with van der Waals surface area (Å²) in [6, 6.07) is 62.0. The Hall–Kier alpha value is -6.38. The number of hydrogen-bond acceptors (Lipinski definition) is 1. The van der Waals surface area contributed by atoms with Crippen LogP contribution in [0.3, 0.4) is 0 Å². The standard InChI is InChI=1S/C48H34N2/c1-3-15-33(16-4-1)35-19-13-21-37(31-35)49-44-27-11-9-24-40(44)39-23-7-8-26-42(39)47-46(49)30-29-43-41-25-10-12-28-45(41)50(48(43)47)38-22-14-20-36(32-38)34-17-5-2-6-18-34/h1-6,8-22,24-32H,7,23H2. The molecule has 0 N–H and O–H groups in total. The molecule has 8 aromatic rings. The highest BCUT2D eigenvalue weighted by Crippen LogP contribution is 2.53. The van der Waals surface area contributed by atoms with E-state index in [1.54, 1.807) is 0 Å². The highest BCUT2D eigenvalue weighted by Gasteiger charge is 2.31. The smallest absolute Gasteiger partial charge is 0.0640 e. The second-order valence-corrected chi connectivity index (χ2v) is 13.2. The van der Waals surface area contributed by atoms with Gasteiger partial charge in [0, 0.05) is 33.3 Å². The summed E-state index contributed by atoms with van der Waals surface area (Å²) in [4.78, 5) is 2.51. The summed E-state index contributed by atoms with van der Waals surface area (Å²) in [5.74, 6) is 0. The van der Waals surface area contributed by atoms with Crippen LogP contribution in [0.4, 0.5) is 17.1 Å². The fourth-order valence-corrected chi connectivity index (χ4v) is 8.19. The summed E-state index contributed by atoms with van der Waals surface area (Å²) in [6.45, 7) is 0. The summed E-state index contributed by atoms with van der Waals surface area (Å²) in [6.07, 6.45) is 6.78. The van der Waals surface area contributed by atoms with Crippen LogP contribution in [0, 0.1) is 0 Å². The van der Waals surface area contributed by atoms with Gasteiger partial charge in [-0.25, -0.2) is 0 Å². The van der Waals surface area contributed by atoms with Gasteiger partial charge in [-0.2, -0.15) is 0 Å². The number of fused-ring (bicyclic) bond motifs is 8. The lowest BCUT2D eigenvalue weighted by Gasteiger charge is -2.28. The van der Waals surface area contributed by atoms with Gasteiger partial charge in [-0.15, -0.1) is 0 Å². The molecule has 10 rings (SSSR count). The van der Waals surface area contributed by atoms with Gasteiger partial charge in [0.25, 0.3) is 0 Å². The normalized spacial score (nSPS) is 13.6. The van der Waals surface area contributed by atoms with Crippen molar-refractivity contribution in [3.05, 3.63) is 193 Å². The number of nitrogens with zero attached hydrogens (tertiary/aromatic N) is 2.